The van der Waals surface area contributed by atoms with Gasteiger partial charge >= 0.3 is 0 Å². The van der Waals surface area contributed by atoms with Crippen LogP contribution in [0.4, 0.5) is 0 Å². The van der Waals surface area contributed by atoms with Gasteiger partial charge in [0, 0.05) is 5.39 Å². The predicted octanol–water partition coefficient (Wildman–Crippen LogP) is 3.33. The number of aromatic amines is 1. The highest BCUT2D eigenvalue weighted by molar-refractivity contribution is 5.90. The number of benzene rings is 2. The highest BCUT2D eigenvalue weighted by Crippen LogP contribution is 2.32. The van der Waals surface area contributed by atoms with Gasteiger partial charge in [-0.15, -0.1) is 0 Å². The second-order valence-corrected chi connectivity index (χ2v) is 5.89. The summed E-state index contributed by atoms with van der Waals surface area (Å²) >= 11 is 0. The molecule has 1 unspecified atom stereocenters. The average Bonchev–Trinajstić information content (AvgIpc) is 3.28. The lowest BCUT2D eigenvalue weighted by atomic mass is 9.97. The van der Waals surface area contributed by atoms with Gasteiger partial charge in [-0.1, -0.05) is 41.6 Å². The molecular weight excluding hydrogens is 304 g/mol. The molecule has 118 valence electrons. The average molecular weight is 318 g/mol. The molecule has 0 saturated carbocycles. The Balaban J connectivity index is 1.48. The van der Waals surface area contributed by atoms with Crippen molar-refractivity contribution in [3.63, 3.8) is 0 Å². The van der Waals surface area contributed by atoms with Crippen molar-refractivity contribution < 1.29 is 9.26 Å². The molecule has 0 fully saturated rings. The number of nitrogens with one attached hydrogen (secondary N) is 1. The van der Waals surface area contributed by atoms with Crippen LogP contribution < -0.4 is 4.74 Å². The van der Waals surface area contributed by atoms with Crippen LogP contribution in [-0.4, -0.2) is 26.9 Å². The van der Waals surface area contributed by atoms with Gasteiger partial charge in [0.05, 0.1) is 11.4 Å². The minimum atomic E-state index is 0.0614. The first-order valence-electron chi connectivity index (χ1n) is 7.86. The van der Waals surface area contributed by atoms with Gasteiger partial charge < -0.3 is 9.26 Å². The highest BCUT2D eigenvalue weighted by atomic mass is 16.5. The zero-order chi connectivity index (χ0) is 15.9. The molecule has 0 spiro atoms. The standard InChI is InChI=1S/C18H14N4O2/c1-4-8-15-11(5-1)9-12(10-23-15)18-19-17(22-24-18)16-13-6-2-3-7-14(13)20-21-16/h1-8,12H,9-10H2,(H,20,21). The number of ether oxygens (including phenoxy) is 1. The van der Waals surface area contributed by atoms with Crippen molar-refractivity contribution in [2.75, 3.05) is 6.61 Å². The van der Waals surface area contributed by atoms with E-state index in [4.69, 9.17) is 9.26 Å². The summed E-state index contributed by atoms with van der Waals surface area (Å²) in [6.45, 7) is 0.542. The van der Waals surface area contributed by atoms with Crippen LogP contribution in [0.2, 0.25) is 0 Å². The lowest BCUT2D eigenvalue weighted by Gasteiger charge is -2.22. The topological polar surface area (TPSA) is 76.8 Å². The van der Waals surface area contributed by atoms with E-state index in [1.54, 1.807) is 0 Å². The van der Waals surface area contributed by atoms with Gasteiger partial charge in [0.2, 0.25) is 11.7 Å². The molecule has 0 bridgehead atoms. The van der Waals surface area contributed by atoms with E-state index in [9.17, 15) is 0 Å². The maximum absolute atomic E-state index is 5.81. The zero-order valence-corrected chi connectivity index (χ0v) is 12.8. The zero-order valence-electron chi connectivity index (χ0n) is 12.8. The summed E-state index contributed by atoms with van der Waals surface area (Å²) in [5, 5.41) is 12.4. The molecule has 6 nitrogen and oxygen atoms in total. The van der Waals surface area contributed by atoms with Crippen LogP contribution in [0.15, 0.2) is 53.1 Å². The smallest absolute Gasteiger partial charge is 0.233 e. The van der Waals surface area contributed by atoms with E-state index >= 15 is 0 Å². The third-order valence-corrected chi connectivity index (χ3v) is 4.35. The van der Waals surface area contributed by atoms with E-state index < -0.39 is 0 Å². The molecule has 6 heteroatoms. The van der Waals surface area contributed by atoms with Crippen LogP contribution in [0, 0.1) is 0 Å². The minimum Gasteiger partial charge on any atom is -0.492 e. The molecule has 4 aromatic rings. The highest BCUT2D eigenvalue weighted by Gasteiger charge is 2.27. The Hall–Kier alpha value is -3.15. The Kier molecular flexibility index (Phi) is 2.88. The molecule has 2 aromatic carbocycles. The number of para-hydroxylation sites is 2. The summed E-state index contributed by atoms with van der Waals surface area (Å²) in [6.07, 6.45) is 0.832. The van der Waals surface area contributed by atoms with Crippen molar-refractivity contribution in [3.05, 3.63) is 60.0 Å². The van der Waals surface area contributed by atoms with E-state index in [1.807, 2.05) is 42.5 Å². The summed E-state index contributed by atoms with van der Waals surface area (Å²) in [6, 6.07) is 15.9. The molecule has 1 aliphatic rings. The molecule has 24 heavy (non-hydrogen) atoms. The van der Waals surface area contributed by atoms with E-state index in [0.717, 1.165) is 23.1 Å². The lowest BCUT2D eigenvalue weighted by Crippen LogP contribution is -2.19. The molecule has 0 radical (unpaired) electrons. The van der Waals surface area contributed by atoms with Crippen molar-refractivity contribution in [3.8, 4) is 17.3 Å². The van der Waals surface area contributed by atoms with Crippen molar-refractivity contribution in [2.45, 2.75) is 12.3 Å². The fourth-order valence-corrected chi connectivity index (χ4v) is 3.12. The summed E-state index contributed by atoms with van der Waals surface area (Å²) in [5.41, 5.74) is 2.82. The van der Waals surface area contributed by atoms with E-state index in [0.29, 0.717) is 24.0 Å². The lowest BCUT2D eigenvalue weighted by molar-refractivity contribution is 0.230. The number of hydrogen-bond acceptors (Lipinski definition) is 5. The molecule has 1 N–H and O–H groups in total. The first kappa shape index (κ1) is 13.3. The quantitative estimate of drug-likeness (QED) is 0.613. The second-order valence-electron chi connectivity index (χ2n) is 5.89. The van der Waals surface area contributed by atoms with Gasteiger partial charge in [-0.05, 0) is 24.1 Å². The largest absolute Gasteiger partial charge is 0.492 e. The summed E-state index contributed by atoms with van der Waals surface area (Å²) in [4.78, 5) is 4.56. The van der Waals surface area contributed by atoms with Gasteiger partial charge in [-0.25, -0.2) is 0 Å². The number of nitrogens with zero attached hydrogens (tertiary/aromatic N) is 3. The summed E-state index contributed by atoms with van der Waals surface area (Å²) in [7, 11) is 0. The Morgan fingerprint density at radius 2 is 1.92 bits per heavy atom. The Bertz CT molecular complexity index is 1020. The normalized spacial score (nSPS) is 16.8. The minimum absolute atomic E-state index is 0.0614. The Labute approximate surface area is 137 Å². The monoisotopic (exact) mass is 318 g/mol. The van der Waals surface area contributed by atoms with Crippen LogP contribution in [0.1, 0.15) is 17.4 Å². The first-order valence-corrected chi connectivity index (χ1v) is 7.86. The van der Waals surface area contributed by atoms with Crippen LogP contribution in [0.25, 0.3) is 22.4 Å². The van der Waals surface area contributed by atoms with Gasteiger partial charge in [0.1, 0.15) is 18.1 Å². The fraction of sp³-hybridized carbons (Fsp3) is 0.167. The maximum atomic E-state index is 5.81. The molecule has 0 aliphatic carbocycles. The first-order chi connectivity index (χ1) is 11.9. The Morgan fingerprint density at radius 1 is 1.04 bits per heavy atom. The van der Waals surface area contributed by atoms with Crippen LogP contribution in [-0.2, 0) is 6.42 Å². The maximum Gasteiger partial charge on any atom is 0.233 e. The van der Waals surface area contributed by atoms with Crippen molar-refractivity contribution in [1.82, 2.24) is 20.3 Å². The van der Waals surface area contributed by atoms with Crippen molar-refractivity contribution in [2.24, 2.45) is 0 Å². The molecule has 1 atom stereocenters. The summed E-state index contributed by atoms with van der Waals surface area (Å²) in [5.74, 6) is 2.09. The van der Waals surface area contributed by atoms with Crippen molar-refractivity contribution >= 4 is 10.9 Å². The summed E-state index contributed by atoms with van der Waals surface area (Å²) < 4.78 is 11.3. The SMILES string of the molecule is c1ccc2c(c1)CC(c1nc(-c3n[nH]c4ccccc34)no1)CO2. The van der Waals surface area contributed by atoms with Crippen molar-refractivity contribution in [1.29, 1.82) is 0 Å². The molecule has 0 amide bonds. The number of H-pyrrole nitrogens is 1. The van der Waals surface area contributed by atoms with Gasteiger partial charge in [0.25, 0.3) is 0 Å². The van der Waals surface area contributed by atoms with Crippen LogP contribution >= 0.6 is 0 Å². The molecule has 1 aliphatic heterocycles. The van der Waals surface area contributed by atoms with E-state index in [-0.39, 0.29) is 5.92 Å². The second kappa shape index (κ2) is 5.19. The molecule has 2 aromatic heterocycles. The van der Waals surface area contributed by atoms with Gasteiger partial charge in [0.15, 0.2) is 0 Å². The number of rotatable bonds is 2. The molecule has 3 heterocycles. The van der Waals surface area contributed by atoms with Crippen LogP contribution in [0.3, 0.4) is 0 Å². The molecular formula is C18H14N4O2. The third kappa shape index (κ3) is 2.07. The third-order valence-electron chi connectivity index (χ3n) is 4.35. The van der Waals surface area contributed by atoms with Gasteiger partial charge in [-0.2, -0.15) is 10.1 Å². The predicted molar refractivity (Wildman–Crippen MR) is 87.8 cm³/mol. The fourth-order valence-electron chi connectivity index (χ4n) is 3.12. The van der Waals surface area contributed by atoms with Crippen LogP contribution in [0.5, 0.6) is 5.75 Å². The number of aromatic nitrogens is 4. The Morgan fingerprint density at radius 3 is 2.92 bits per heavy atom. The number of fused-ring (bicyclic) bond motifs is 2. The molecule has 0 saturated heterocycles. The molecule has 5 rings (SSSR count). The van der Waals surface area contributed by atoms with E-state index in [2.05, 4.69) is 26.4 Å². The van der Waals surface area contributed by atoms with Gasteiger partial charge in [-0.3, -0.25) is 5.10 Å². The number of hydrogen-bond donors (Lipinski definition) is 1. The van der Waals surface area contributed by atoms with E-state index in [1.165, 1.54) is 5.56 Å².